The molecule has 0 atom stereocenters. The number of benzene rings is 1. The lowest BCUT2D eigenvalue weighted by atomic mass is 10.1. The number of hydrogen-bond donors (Lipinski definition) is 0. The number of carbonyl (C=O) groups excluding carboxylic acids is 1. The zero-order valence-corrected chi connectivity index (χ0v) is 12.4. The maximum Gasteiger partial charge on any atom is 0.348 e. The van der Waals surface area contributed by atoms with E-state index in [1.54, 1.807) is 0 Å². The van der Waals surface area contributed by atoms with Crippen molar-refractivity contribution >= 4 is 27.4 Å². The zero-order valence-electron chi connectivity index (χ0n) is 11.6. The topological polar surface area (TPSA) is 29.5 Å². The van der Waals surface area contributed by atoms with Gasteiger partial charge in [0.25, 0.3) is 0 Å². The molecule has 2 aromatic rings. The summed E-state index contributed by atoms with van der Waals surface area (Å²) in [5.41, 5.74) is 1.09. The molecule has 0 saturated carbocycles. The first-order valence-electron chi connectivity index (χ1n) is 6.52. The van der Waals surface area contributed by atoms with Gasteiger partial charge < -0.3 is 4.74 Å². The smallest absolute Gasteiger partial charge is 0.348 e. The van der Waals surface area contributed by atoms with E-state index in [4.69, 9.17) is 4.74 Å². The molecule has 0 amide bonds. The van der Waals surface area contributed by atoms with Crippen LogP contribution in [0.1, 0.15) is 29.1 Å². The Morgan fingerprint density at radius 2 is 1.95 bits per heavy atom. The van der Waals surface area contributed by atoms with Crippen molar-refractivity contribution in [3.05, 3.63) is 34.7 Å². The molecule has 0 N–H and O–H groups in total. The molecule has 1 heterocycles. The lowest BCUT2D eigenvalue weighted by Gasteiger charge is -2.18. The van der Waals surface area contributed by atoms with Gasteiger partial charge in [-0.15, -0.1) is 11.3 Å². The van der Waals surface area contributed by atoms with Gasteiger partial charge in [-0.25, -0.2) is 4.79 Å². The van der Waals surface area contributed by atoms with Crippen LogP contribution in [-0.2, 0) is 11.3 Å². The molecular weight excluding hydrogens is 258 g/mol. The van der Waals surface area contributed by atoms with Crippen LogP contribution < -0.4 is 0 Å². The van der Waals surface area contributed by atoms with E-state index in [2.05, 4.69) is 30.9 Å². The molecule has 19 heavy (non-hydrogen) atoms. The van der Waals surface area contributed by atoms with Gasteiger partial charge in [0.2, 0.25) is 0 Å². The monoisotopic (exact) mass is 277 g/mol. The van der Waals surface area contributed by atoms with Crippen molar-refractivity contribution in [2.45, 2.75) is 20.4 Å². The molecule has 0 fully saturated rings. The van der Waals surface area contributed by atoms with E-state index in [9.17, 15) is 4.79 Å². The van der Waals surface area contributed by atoms with E-state index < -0.39 is 0 Å². The Morgan fingerprint density at radius 1 is 1.26 bits per heavy atom. The number of ether oxygens (including phenoxy) is 1. The van der Waals surface area contributed by atoms with Gasteiger partial charge in [0.1, 0.15) is 4.88 Å². The van der Waals surface area contributed by atoms with Crippen LogP contribution in [0.3, 0.4) is 0 Å². The third-order valence-corrected chi connectivity index (χ3v) is 4.54. The molecule has 0 radical (unpaired) electrons. The van der Waals surface area contributed by atoms with Gasteiger partial charge in [-0.2, -0.15) is 0 Å². The molecule has 0 unspecified atom stereocenters. The van der Waals surface area contributed by atoms with Crippen LogP contribution in [0, 0.1) is 0 Å². The van der Waals surface area contributed by atoms with Gasteiger partial charge in [0.15, 0.2) is 0 Å². The normalized spacial score (nSPS) is 11.2. The first-order valence-corrected chi connectivity index (χ1v) is 7.34. The fraction of sp³-hybridized carbons (Fsp3) is 0.400. The second kappa shape index (κ2) is 6.17. The van der Waals surface area contributed by atoms with Crippen LogP contribution in [0.15, 0.2) is 24.3 Å². The third kappa shape index (κ3) is 2.80. The molecule has 3 nitrogen and oxygen atoms in total. The van der Waals surface area contributed by atoms with Gasteiger partial charge in [-0.3, -0.25) is 4.90 Å². The summed E-state index contributed by atoms with van der Waals surface area (Å²) >= 11 is 1.52. The number of methoxy groups -OCH3 is 1. The van der Waals surface area contributed by atoms with E-state index in [0.29, 0.717) is 0 Å². The summed E-state index contributed by atoms with van der Waals surface area (Å²) in [5, 5.41) is 1.17. The number of nitrogens with zero attached hydrogens (tertiary/aromatic N) is 1. The molecule has 0 aliphatic carbocycles. The Hall–Kier alpha value is -1.39. The predicted octanol–water partition coefficient (Wildman–Crippen LogP) is 3.53. The Kier molecular flexibility index (Phi) is 4.56. The molecular formula is C15H19NO2S. The zero-order chi connectivity index (χ0) is 13.8. The Morgan fingerprint density at radius 3 is 2.58 bits per heavy atom. The fourth-order valence-electron chi connectivity index (χ4n) is 2.18. The second-order valence-electron chi connectivity index (χ2n) is 4.36. The average Bonchev–Trinajstić information content (AvgIpc) is 2.82. The number of rotatable bonds is 5. The molecule has 0 bridgehead atoms. The Bertz CT molecular complexity index is 573. The van der Waals surface area contributed by atoms with Crippen molar-refractivity contribution in [2.24, 2.45) is 0 Å². The van der Waals surface area contributed by atoms with Crippen LogP contribution in [0.25, 0.3) is 10.1 Å². The molecule has 0 aliphatic rings. The summed E-state index contributed by atoms with van der Waals surface area (Å²) in [6, 6.07) is 8.15. The second-order valence-corrected chi connectivity index (χ2v) is 5.41. The number of fused-ring (bicyclic) bond motifs is 1. The molecule has 1 aromatic heterocycles. The van der Waals surface area contributed by atoms with Gasteiger partial charge in [-0.05, 0) is 30.1 Å². The molecule has 0 saturated heterocycles. The van der Waals surface area contributed by atoms with Crippen molar-refractivity contribution in [2.75, 3.05) is 20.2 Å². The van der Waals surface area contributed by atoms with Crippen LogP contribution in [0.2, 0.25) is 0 Å². The summed E-state index contributed by atoms with van der Waals surface area (Å²) in [6.45, 7) is 7.01. The van der Waals surface area contributed by atoms with Gasteiger partial charge in [0, 0.05) is 11.2 Å². The lowest BCUT2D eigenvalue weighted by Crippen LogP contribution is -2.23. The molecule has 0 spiro atoms. The standard InChI is InChI=1S/C15H19NO2S/c1-4-16(5-2)10-12-11-8-6-7-9-13(11)19-14(12)15(17)18-3/h6-9H,4-5,10H2,1-3H3. The molecule has 0 aliphatic heterocycles. The average molecular weight is 277 g/mol. The number of thiophene rings is 1. The van der Waals surface area contributed by atoms with E-state index in [0.717, 1.165) is 34.8 Å². The van der Waals surface area contributed by atoms with Crippen molar-refractivity contribution < 1.29 is 9.53 Å². The van der Waals surface area contributed by atoms with Crippen LogP contribution >= 0.6 is 11.3 Å². The van der Waals surface area contributed by atoms with Gasteiger partial charge in [0.05, 0.1) is 7.11 Å². The minimum atomic E-state index is -0.233. The van der Waals surface area contributed by atoms with E-state index >= 15 is 0 Å². The summed E-state index contributed by atoms with van der Waals surface area (Å²) in [4.78, 5) is 15.0. The largest absolute Gasteiger partial charge is 0.465 e. The van der Waals surface area contributed by atoms with Crippen molar-refractivity contribution in [3.63, 3.8) is 0 Å². The first kappa shape index (κ1) is 14.0. The fourth-order valence-corrected chi connectivity index (χ4v) is 3.32. The maximum atomic E-state index is 11.9. The highest BCUT2D eigenvalue weighted by Crippen LogP contribution is 2.32. The van der Waals surface area contributed by atoms with Crippen molar-refractivity contribution in [1.29, 1.82) is 0 Å². The maximum absolute atomic E-state index is 11.9. The lowest BCUT2D eigenvalue weighted by molar-refractivity contribution is 0.0604. The van der Waals surface area contributed by atoms with E-state index in [1.165, 1.54) is 23.8 Å². The SMILES string of the molecule is CCN(CC)Cc1c(C(=O)OC)sc2ccccc12. The number of carbonyl (C=O) groups is 1. The Labute approximate surface area is 117 Å². The highest BCUT2D eigenvalue weighted by Gasteiger charge is 2.19. The van der Waals surface area contributed by atoms with Gasteiger partial charge >= 0.3 is 5.97 Å². The van der Waals surface area contributed by atoms with Crippen LogP contribution in [0.5, 0.6) is 0 Å². The minimum absolute atomic E-state index is 0.233. The number of esters is 1. The summed E-state index contributed by atoms with van der Waals surface area (Å²) in [6.07, 6.45) is 0. The molecule has 4 heteroatoms. The molecule has 2 rings (SSSR count). The van der Waals surface area contributed by atoms with Crippen LogP contribution in [0.4, 0.5) is 0 Å². The highest BCUT2D eigenvalue weighted by atomic mass is 32.1. The molecule has 102 valence electrons. The quantitative estimate of drug-likeness (QED) is 0.783. The van der Waals surface area contributed by atoms with Crippen LogP contribution in [-0.4, -0.2) is 31.1 Å². The Balaban J connectivity index is 2.51. The summed E-state index contributed by atoms with van der Waals surface area (Å²) < 4.78 is 6.05. The third-order valence-electron chi connectivity index (χ3n) is 3.35. The van der Waals surface area contributed by atoms with E-state index in [1.807, 2.05) is 12.1 Å². The minimum Gasteiger partial charge on any atom is -0.465 e. The first-order chi connectivity index (χ1) is 9.21. The molecule has 1 aromatic carbocycles. The summed E-state index contributed by atoms with van der Waals surface area (Å²) in [7, 11) is 1.44. The van der Waals surface area contributed by atoms with Gasteiger partial charge in [-0.1, -0.05) is 32.0 Å². The van der Waals surface area contributed by atoms with Crippen molar-refractivity contribution in [3.8, 4) is 0 Å². The highest BCUT2D eigenvalue weighted by molar-refractivity contribution is 7.21. The predicted molar refractivity (Wildman–Crippen MR) is 79.8 cm³/mol. The summed E-state index contributed by atoms with van der Waals surface area (Å²) in [5.74, 6) is -0.233. The number of hydrogen-bond acceptors (Lipinski definition) is 4. The van der Waals surface area contributed by atoms with E-state index in [-0.39, 0.29) is 5.97 Å². The van der Waals surface area contributed by atoms with Crippen molar-refractivity contribution in [1.82, 2.24) is 4.90 Å².